The molecule has 0 radical (unpaired) electrons. The minimum absolute atomic E-state index is 0.145. The van der Waals surface area contributed by atoms with Crippen molar-refractivity contribution in [3.05, 3.63) is 0 Å². The van der Waals surface area contributed by atoms with Crippen LogP contribution in [0.5, 0.6) is 0 Å². The summed E-state index contributed by atoms with van der Waals surface area (Å²) in [5.74, 6) is 5.50. The Hall–Kier alpha value is -0.810. The molecule has 0 aliphatic heterocycles. The van der Waals surface area contributed by atoms with Gasteiger partial charge in [0.05, 0.1) is 13.0 Å². The highest BCUT2D eigenvalue weighted by Crippen LogP contribution is 1.76. The quantitative estimate of drug-likeness (QED) is 0.545. The topological polar surface area (TPSA) is 29.1 Å². The average molecular weight is 125 g/mol. The van der Waals surface area contributed by atoms with Crippen molar-refractivity contribution in [2.24, 2.45) is 0 Å². The molecule has 2 heteroatoms. The second-order valence-electron chi connectivity index (χ2n) is 1.67. The van der Waals surface area contributed by atoms with E-state index in [1.54, 1.807) is 14.0 Å². The molecule has 0 atom stereocenters. The van der Waals surface area contributed by atoms with Crippen molar-refractivity contribution in [3.8, 4) is 11.8 Å². The normalized spacial score (nSPS) is 7.78. The van der Waals surface area contributed by atoms with Gasteiger partial charge in [-0.3, -0.25) is 4.79 Å². The molecule has 0 heterocycles. The number of Topliss-reactive ketones (excluding diaryl/α,β-unsaturated/α-hetero) is 1. The highest BCUT2D eigenvalue weighted by atomic mass is 16.1. The lowest BCUT2D eigenvalue weighted by Gasteiger charge is -1.90. The molecule has 0 unspecified atom stereocenters. The van der Waals surface area contributed by atoms with Gasteiger partial charge in [-0.1, -0.05) is 5.92 Å². The van der Waals surface area contributed by atoms with Gasteiger partial charge in [-0.2, -0.15) is 0 Å². The van der Waals surface area contributed by atoms with E-state index in [2.05, 4.69) is 17.2 Å². The van der Waals surface area contributed by atoms with Crippen molar-refractivity contribution in [2.45, 2.75) is 13.3 Å². The van der Waals surface area contributed by atoms with E-state index < -0.39 is 0 Å². The molecule has 0 saturated heterocycles. The van der Waals surface area contributed by atoms with Gasteiger partial charge < -0.3 is 5.32 Å². The van der Waals surface area contributed by atoms with Crippen molar-refractivity contribution < 1.29 is 4.79 Å². The van der Waals surface area contributed by atoms with Crippen molar-refractivity contribution >= 4 is 5.78 Å². The van der Waals surface area contributed by atoms with Gasteiger partial charge in [0.15, 0.2) is 5.78 Å². The summed E-state index contributed by atoms with van der Waals surface area (Å²) >= 11 is 0. The van der Waals surface area contributed by atoms with E-state index in [0.29, 0.717) is 13.0 Å². The average Bonchev–Trinajstić information content (AvgIpc) is 1.85. The van der Waals surface area contributed by atoms with Crippen molar-refractivity contribution in [1.29, 1.82) is 0 Å². The van der Waals surface area contributed by atoms with E-state index in [-0.39, 0.29) is 5.78 Å². The molecule has 0 saturated carbocycles. The Morgan fingerprint density at radius 1 is 1.67 bits per heavy atom. The Bertz CT molecular complexity index is 141. The largest absolute Gasteiger partial charge is 0.313 e. The molecule has 0 spiro atoms. The predicted molar refractivity (Wildman–Crippen MR) is 37.0 cm³/mol. The fraction of sp³-hybridized carbons (Fsp3) is 0.571. The van der Waals surface area contributed by atoms with Crippen LogP contribution in [0.25, 0.3) is 0 Å². The summed E-state index contributed by atoms with van der Waals surface area (Å²) in [4.78, 5) is 10.6. The maximum absolute atomic E-state index is 10.6. The number of rotatable bonds is 3. The molecule has 1 N–H and O–H groups in total. The molecular formula is C7H11NO. The highest BCUT2D eigenvalue weighted by molar-refractivity contribution is 5.82. The Labute approximate surface area is 55.6 Å². The van der Waals surface area contributed by atoms with Crippen LogP contribution in [0.2, 0.25) is 0 Å². The van der Waals surface area contributed by atoms with E-state index in [0.717, 1.165) is 0 Å². The first kappa shape index (κ1) is 8.19. The van der Waals surface area contributed by atoms with Crippen LogP contribution >= 0.6 is 0 Å². The molecule has 0 aromatic carbocycles. The molecule has 0 bridgehead atoms. The minimum Gasteiger partial charge on any atom is -0.313 e. The maximum atomic E-state index is 10.6. The van der Waals surface area contributed by atoms with Gasteiger partial charge in [0.2, 0.25) is 0 Å². The van der Waals surface area contributed by atoms with E-state index >= 15 is 0 Å². The zero-order valence-electron chi connectivity index (χ0n) is 5.82. The first-order valence-electron chi connectivity index (χ1n) is 2.87. The van der Waals surface area contributed by atoms with Crippen LogP contribution in [-0.4, -0.2) is 19.4 Å². The third-order valence-corrected chi connectivity index (χ3v) is 0.836. The zero-order chi connectivity index (χ0) is 7.11. The van der Waals surface area contributed by atoms with Crippen molar-refractivity contribution in [2.75, 3.05) is 13.6 Å². The number of likely N-dealkylation sites (N-methyl/N-ethyl adjacent to an activating group) is 1. The van der Waals surface area contributed by atoms with E-state index in [4.69, 9.17) is 0 Å². The lowest BCUT2D eigenvalue weighted by Crippen LogP contribution is -2.17. The fourth-order valence-electron chi connectivity index (χ4n) is 0.447. The molecule has 0 aliphatic rings. The smallest absolute Gasteiger partial charge is 0.158 e. The molecular weight excluding hydrogens is 114 g/mol. The van der Waals surface area contributed by atoms with E-state index in [9.17, 15) is 4.79 Å². The standard InChI is InChI=1S/C7H11NO/c1-3-4-5-7(9)6-8-2/h8H,5-6H2,1-2H3. The molecule has 9 heavy (non-hydrogen) atoms. The second kappa shape index (κ2) is 5.33. The molecule has 0 fully saturated rings. The van der Waals surface area contributed by atoms with Crippen LogP contribution in [0, 0.1) is 11.8 Å². The Morgan fingerprint density at radius 2 is 2.33 bits per heavy atom. The number of hydrogen-bond donors (Lipinski definition) is 1. The highest BCUT2D eigenvalue weighted by Gasteiger charge is 1.93. The van der Waals surface area contributed by atoms with Crippen LogP contribution in [0.4, 0.5) is 0 Å². The molecule has 2 nitrogen and oxygen atoms in total. The molecule has 0 aliphatic carbocycles. The van der Waals surface area contributed by atoms with Gasteiger partial charge in [-0.15, -0.1) is 5.92 Å². The van der Waals surface area contributed by atoms with E-state index in [1.807, 2.05) is 0 Å². The summed E-state index contributed by atoms with van der Waals surface area (Å²) in [6.45, 7) is 2.15. The van der Waals surface area contributed by atoms with Crippen molar-refractivity contribution in [3.63, 3.8) is 0 Å². The van der Waals surface area contributed by atoms with Gasteiger partial charge >= 0.3 is 0 Å². The summed E-state index contributed by atoms with van der Waals surface area (Å²) < 4.78 is 0. The van der Waals surface area contributed by atoms with Gasteiger partial charge in [0, 0.05) is 0 Å². The second-order valence-corrected chi connectivity index (χ2v) is 1.67. The molecule has 0 rings (SSSR count). The summed E-state index contributed by atoms with van der Waals surface area (Å²) in [6, 6.07) is 0. The third kappa shape index (κ3) is 5.05. The SMILES string of the molecule is CC#CCC(=O)CNC. The van der Waals surface area contributed by atoms with E-state index in [1.165, 1.54) is 0 Å². The zero-order valence-corrected chi connectivity index (χ0v) is 5.82. The minimum atomic E-state index is 0.145. The molecule has 0 aromatic rings. The Balaban J connectivity index is 3.35. The summed E-state index contributed by atoms with van der Waals surface area (Å²) in [5, 5.41) is 2.76. The first-order chi connectivity index (χ1) is 4.31. The summed E-state index contributed by atoms with van der Waals surface area (Å²) in [5.41, 5.74) is 0. The lowest BCUT2D eigenvalue weighted by atomic mass is 10.3. The third-order valence-electron chi connectivity index (χ3n) is 0.836. The monoisotopic (exact) mass is 125 g/mol. The van der Waals surface area contributed by atoms with Crippen LogP contribution < -0.4 is 5.32 Å². The fourth-order valence-corrected chi connectivity index (χ4v) is 0.447. The van der Waals surface area contributed by atoms with Gasteiger partial charge in [0.25, 0.3) is 0 Å². The Kier molecular flexibility index (Phi) is 4.85. The van der Waals surface area contributed by atoms with Crippen LogP contribution in [-0.2, 0) is 4.79 Å². The summed E-state index contributed by atoms with van der Waals surface area (Å²) in [6.07, 6.45) is 0.372. The number of carbonyl (C=O) groups excluding carboxylic acids is 1. The molecule has 50 valence electrons. The van der Waals surface area contributed by atoms with Gasteiger partial charge in [-0.05, 0) is 14.0 Å². The van der Waals surface area contributed by atoms with Crippen molar-refractivity contribution in [1.82, 2.24) is 5.32 Å². The van der Waals surface area contributed by atoms with Crippen LogP contribution in [0.3, 0.4) is 0 Å². The molecule has 0 amide bonds. The number of carbonyl (C=O) groups is 1. The predicted octanol–water partition coefficient (Wildman–Crippen LogP) is 0.188. The summed E-state index contributed by atoms with van der Waals surface area (Å²) in [7, 11) is 1.75. The first-order valence-corrected chi connectivity index (χ1v) is 2.87. The number of hydrogen-bond acceptors (Lipinski definition) is 2. The van der Waals surface area contributed by atoms with Crippen LogP contribution in [0.1, 0.15) is 13.3 Å². The number of nitrogens with one attached hydrogen (secondary N) is 1. The van der Waals surface area contributed by atoms with Gasteiger partial charge in [0.1, 0.15) is 0 Å². The number of ketones is 1. The van der Waals surface area contributed by atoms with Crippen LogP contribution in [0.15, 0.2) is 0 Å². The lowest BCUT2D eigenvalue weighted by molar-refractivity contribution is -0.117. The Morgan fingerprint density at radius 3 is 2.78 bits per heavy atom. The maximum Gasteiger partial charge on any atom is 0.158 e. The molecule has 0 aromatic heterocycles. The van der Waals surface area contributed by atoms with Gasteiger partial charge in [-0.25, -0.2) is 0 Å².